The third kappa shape index (κ3) is 4.07. The number of allylic oxidation sites excluding steroid dienone is 4. The van der Waals surface area contributed by atoms with Gasteiger partial charge in [-0.15, -0.1) is 0 Å². The highest BCUT2D eigenvalue weighted by Gasteiger charge is 1.86. The van der Waals surface area contributed by atoms with Crippen molar-refractivity contribution in [2.24, 2.45) is 0 Å². The Morgan fingerprint density at radius 3 is 1.80 bits per heavy atom. The topological polar surface area (TPSA) is 23.9 Å². The van der Waals surface area contributed by atoms with Crippen LogP contribution in [0.3, 0.4) is 0 Å². The van der Waals surface area contributed by atoms with E-state index in [0.717, 1.165) is 5.57 Å². The molecule has 0 amide bonds. The Balaban J connectivity index is 4.19. The molecule has 10 heavy (non-hydrogen) atoms. The molecule has 0 aromatic rings. The van der Waals surface area contributed by atoms with Crippen LogP contribution in [0, 0.1) is 5.41 Å². The van der Waals surface area contributed by atoms with Crippen molar-refractivity contribution in [1.29, 1.82) is 5.41 Å². The number of hydrogen-bond acceptors (Lipinski definition) is 1. The molecule has 0 aliphatic rings. The maximum absolute atomic E-state index is 7.25. The van der Waals surface area contributed by atoms with Crippen molar-refractivity contribution in [2.75, 3.05) is 0 Å². The Morgan fingerprint density at radius 1 is 1.00 bits per heavy atom. The first kappa shape index (κ1) is 9.15. The Hall–Kier alpha value is -0.850. The molecule has 0 aliphatic heterocycles. The third-order valence-corrected chi connectivity index (χ3v) is 1.26. The van der Waals surface area contributed by atoms with E-state index in [1.807, 2.05) is 32.9 Å². The van der Waals surface area contributed by atoms with Gasteiger partial charge in [0, 0.05) is 5.71 Å². The lowest BCUT2D eigenvalue weighted by molar-refractivity contribution is 1.37. The monoisotopic (exact) mass is 137 g/mol. The molecule has 0 unspecified atom stereocenters. The molecule has 56 valence electrons. The molecule has 0 spiro atoms. The summed E-state index contributed by atoms with van der Waals surface area (Å²) < 4.78 is 0. The molecule has 0 aromatic heterocycles. The van der Waals surface area contributed by atoms with Crippen LogP contribution in [0.5, 0.6) is 0 Å². The van der Waals surface area contributed by atoms with Crippen LogP contribution in [-0.4, -0.2) is 5.71 Å². The molecular formula is C9H15N. The second kappa shape index (κ2) is 4.04. The standard InChI is InChI=1S/C9H15N/c1-7(2)5-6-8(3)9(4)10/h5-6,10H,1-4H3. The largest absolute Gasteiger partial charge is 0.305 e. The highest BCUT2D eigenvalue weighted by molar-refractivity contribution is 5.95. The highest BCUT2D eigenvalue weighted by Crippen LogP contribution is 1.97. The van der Waals surface area contributed by atoms with Crippen LogP contribution in [0.2, 0.25) is 0 Å². The first-order valence-corrected chi connectivity index (χ1v) is 3.41. The fourth-order valence-corrected chi connectivity index (χ4v) is 0.417. The van der Waals surface area contributed by atoms with Crippen molar-refractivity contribution in [3.8, 4) is 0 Å². The van der Waals surface area contributed by atoms with Gasteiger partial charge in [0.2, 0.25) is 0 Å². The quantitative estimate of drug-likeness (QED) is 0.447. The second-order valence-electron chi connectivity index (χ2n) is 2.72. The Bertz CT molecular complexity index is 181. The van der Waals surface area contributed by atoms with Gasteiger partial charge in [0.1, 0.15) is 0 Å². The fraction of sp³-hybridized carbons (Fsp3) is 0.444. The van der Waals surface area contributed by atoms with E-state index in [4.69, 9.17) is 5.41 Å². The summed E-state index contributed by atoms with van der Waals surface area (Å²) in [6, 6.07) is 0. The maximum atomic E-state index is 7.25. The molecule has 0 bridgehead atoms. The molecule has 0 aromatic carbocycles. The lowest BCUT2D eigenvalue weighted by atomic mass is 10.2. The van der Waals surface area contributed by atoms with Crippen LogP contribution in [0.25, 0.3) is 0 Å². The summed E-state index contributed by atoms with van der Waals surface area (Å²) in [5.74, 6) is 0. The SMILES string of the molecule is CC(=N)C(C)=CC=C(C)C. The molecule has 0 atom stereocenters. The van der Waals surface area contributed by atoms with Crippen LogP contribution >= 0.6 is 0 Å². The fourth-order valence-electron chi connectivity index (χ4n) is 0.417. The van der Waals surface area contributed by atoms with Gasteiger partial charge in [-0.05, 0) is 33.3 Å². The molecule has 1 N–H and O–H groups in total. The average molecular weight is 137 g/mol. The van der Waals surface area contributed by atoms with E-state index >= 15 is 0 Å². The van der Waals surface area contributed by atoms with Gasteiger partial charge < -0.3 is 5.41 Å². The number of rotatable bonds is 2. The van der Waals surface area contributed by atoms with Gasteiger partial charge in [0.25, 0.3) is 0 Å². The van der Waals surface area contributed by atoms with Gasteiger partial charge in [-0.2, -0.15) is 0 Å². The predicted molar refractivity (Wildman–Crippen MR) is 46.6 cm³/mol. The van der Waals surface area contributed by atoms with Crippen LogP contribution in [-0.2, 0) is 0 Å². The molecule has 1 heteroatoms. The summed E-state index contributed by atoms with van der Waals surface area (Å²) in [4.78, 5) is 0. The molecule has 0 saturated heterocycles. The molecule has 0 fully saturated rings. The van der Waals surface area contributed by atoms with E-state index in [2.05, 4.69) is 0 Å². The minimum absolute atomic E-state index is 0.637. The Kier molecular flexibility index (Phi) is 3.70. The van der Waals surface area contributed by atoms with Gasteiger partial charge in [-0.25, -0.2) is 0 Å². The first-order chi connectivity index (χ1) is 4.54. The van der Waals surface area contributed by atoms with Gasteiger partial charge >= 0.3 is 0 Å². The van der Waals surface area contributed by atoms with E-state index in [1.54, 1.807) is 6.92 Å². The van der Waals surface area contributed by atoms with Crippen molar-refractivity contribution in [3.05, 3.63) is 23.3 Å². The van der Waals surface area contributed by atoms with Crippen molar-refractivity contribution >= 4 is 5.71 Å². The molecule has 1 nitrogen and oxygen atoms in total. The Morgan fingerprint density at radius 2 is 1.50 bits per heavy atom. The van der Waals surface area contributed by atoms with E-state index in [0.29, 0.717) is 5.71 Å². The zero-order valence-electron chi connectivity index (χ0n) is 7.15. The smallest absolute Gasteiger partial charge is 0.0312 e. The summed E-state index contributed by atoms with van der Waals surface area (Å²) in [6.45, 7) is 7.83. The van der Waals surface area contributed by atoms with Crippen LogP contribution in [0.1, 0.15) is 27.7 Å². The minimum atomic E-state index is 0.637. The minimum Gasteiger partial charge on any atom is -0.305 e. The van der Waals surface area contributed by atoms with E-state index in [-0.39, 0.29) is 0 Å². The van der Waals surface area contributed by atoms with Gasteiger partial charge in [-0.3, -0.25) is 0 Å². The average Bonchev–Trinajstić information content (AvgIpc) is 1.82. The van der Waals surface area contributed by atoms with Gasteiger partial charge in [-0.1, -0.05) is 17.7 Å². The number of hydrogen-bond donors (Lipinski definition) is 1. The molecule has 0 heterocycles. The van der Waals surface area contributed by atoms with Gasteiger partial charge in [0.05, 0.1) is 0 Å². The summed E-state index contributed by atoms with van der Waals surface area (Å²) >= 11 is 0. The lowest BCUT2D eigenvalue weighted by Gasteiger charge is -1.92. The van der Waals surface area contributed by atoms with Crippen molar-refractivity contribution in [2.45, 2.75) is 27.7 Å². The normalized spacial score (nSPS) is 11.0. The highest BCUT2D eigenvalue weighted by atomic mass is 14.4. The molecule has 0 aliphatic carbocycles. The second-order valence-corrected chi connectivity index (χ2v) is 2.72. The van der Waals surface area contributed by atoms with Crippen LogP contribution in [0.15, 0.2) is 23.3 Å². The van der Waals surface area contributed by atoms with Crippen molar-refractivity contribution in [1.82, 2.24) is 0 Å². The van der Waals surface area contributed by atoms with E-state index in [1.165, 1.54) is 5.57 Å². The van der Waals surface area contributed by atoms with Crippen molar-refractivity contribution < 1.29 is 0 Å². The van der Waals surface area contributed by atoms with Crippen molar-refractivity contribution in [3.63, 3.8) is 0 Å². The predicted octanol–water partition coefficient (Wildman–Crippen LogP) is 2.94. The number of nitrogens with one attached hydrogen (secondary N) is 1. The zero-order valence-corrected chi connectivity index (χ0v) is 7.15. The Labute approximate surface area is 63.0 Å². The molecular weight excluding hydrogens is 122 g/mol. The molecule has 0 radical (unpaired) electrons. The zero-order chi connectivity index (χ0) is 8.15. The van der Waals surface area contributed by atoms with Crippen LogP contribution in [0.4, 0.5) is 0 Å². The molecule has 0 rings (SSSR count). The summed E-state index contributed by atoms with van der Waals surface area (Å²) in [5, 5.41) is 7.25. The van der Waals surface area contributed by atoms with Gasteiger partial charge in [0.15, 0.2) is 0 Å². The van der Waals surface area contributed by atoms with E-state index < -0.39 is 0 Å². The van der Waals surface area contributed by atoms with E-state index in [9.17, 15) is 0 Å². The lowest BCUT2D eigenvalue weighted by Crippen LogP contribution is -1.88. The third-order valence-electron chi connectivity index (χ3n) is 1.26. The first-order valence-electron chi connectivity index (χ1n) is 3.41. The van der Waals surface area contributed by atoms with Crippen LogP contribution < -0.4 is 0 Å². The molecule has 0 saturated carbocycles. The maximum Gasteiger partial charge on any atom is 0.0312 e. The summed E-state index contributed by atoms with van der Waals surface area (Å²) in [6.07, 6.45) is 3.99. The summed E-state index contributed by atoms with van der Waals surface area (Å²) in [7, 11) is 0. The summed E-state index contributed by atoms with van der Waals surface area (Å²) in [5.41, 5.74) is 2.93.